The van der Waals surface area contributed by atoms with Crippen molar-refractivity contribution in [1.29, 1.82) is 0 Å². The molecular formula is C18H24N4OS. The monoisotopic (exact) mass is 344 g/mol. The lowest BCUT2D eigenvalue weighted by Gasteiger charge is -2.07. The molecule has 2 aromatic rings. The van der Waals surface area contributed by atoms with Crippen molar-refractivity contribution in [1.82, 2.24) is 19.3 Å². The van der Waals surface area contributed by atoms with E-state index in [9.17, 15) is 4.79 Å². The van der Waals surface area contributed by atoms with Crippen molar-refractivity contribution in [2.24, 2.45) is 0 Å². The van der Waals surface area contributed by atoms with Crippen molar-refractivity contribution >= 4 is 17.5 Å². The second kappa shape index (κ2) is 6.97. The minimum absolute atomic E-state index is 0.141. The van der Waals surface area contributed by atoms with Crippen LogP contribution in [0.2, 0.25) is 0 Å². The lowest BCUT2D eigenvalue weighted by Crippen LogP contribution is -2.07. The number of rotatable bonds is 8. The Hall–Kier alpha value is -1.82. The van der Waals surface area contributed by atoms with E-state index in [1.807, 2.05) is 26.0 Å². The van der Waals surface area contributed by atoms with E-state index in [1.165, 1.54) is 24.6 Å². The van der Waals surface area contributed by atoms with Crippen LogP contribution < -0.4 is 0 Å². The van der Waals surface area contributed by atoms with Gasteiger partial charge in [0, 0.05) is 36.0 Å². The molecule has 1 aliphatic rings. The van der Waals surface area contributed by atoms with E-state index in [2.05, 4.69) is 32.8 Å². The topological polar surface area (TPSA) is 52.7 Å². The molecule has 1 fully saturated rings. The lowest BCUT2D eigenvalue weighted by atomic mass is 10.2. The van der Waals surface area contributed by atoms with Gasteiger partial charge in [0.15, 0.2) is 10.9 Å². The molecule has 0 N–H and O–H groups in total. The molecule has 1 saturated carbocycles. The number of allylic oxidation sites excluding steroid dienone is 1. The summed E-state index contributed by atoms with van der Waals surface area (Å²) in [7, 11) is 0. The lowest BCUT2D eigenvalue weighted by molar-refractivity contribution is 0.102. The van der Waals surface area contributed by atoms with Gasteiger partial charge in [-0.3, -0.25) is 4.79 Å². The van der Waals surface area contributed by atoms with Gasteiger partial charge >= 0.3 is 0 Å². The van der Waals surface area contributed by atoms with Crippen LogP contribution in [0.15, 0.2) is 23.9 Å². The second-order valence-electron chi connectivity index (χ2n) is 6.26. The quantitative estimate of drug-likeness (QED) is 0.416. The number of nitrogens with zero attached hydrogens (tertiary/aromatic N) is 4. The van der Waals surface area contributed by atoms with Gasteiger partial charge in [-0.05, 0) is 39.7 Å². The van der Waals surface area contributed by atoms with Crippen molar-refractivity contribution in [3.8, 4) is 0 Å². The Morgan fingerprint density at radius 3 is 2.75 bits per heavy atom. The highest BCUT2D eigenvalue weighted by molar-refractivity contribution is 7.99. The second-order valence-corrected chi connectivity index (χ2v) is 7.20. The maximum absolute atomic E-state index is 12.6. The summed E-state index contributed by atoms with van der Waals surface area (Å²) in [6, 6.07) is 1.97. The molecule has 0 aromatic carbocycles. The molecule has 128 valence electrons. The first kappa shape index (κ1) is 17.0. The zero-order valence-corrected chi connectivity index (χ0v) is 15.4. The van der Waals surface area contributed by atoms with Gasteiger partial charge in [0.25, 0.3) is 0 Å². The minimum Gasteiger partial charge on any atom is -0.345 e. The largest absolute Gasteiger partial charge is 0.345 e. The summed E-state index contributed by atoms with van der Waals surface area (Å²) in [5.74, 6) is 2.18. The van der Waals surface area contributed by atoms with E-state index in [0.717, 1.165) is 41.0 Å². The Balaban J connectivity index is 1.72. The summed E-state index contributed by atoms with van der Waals surface area (Å²) < 4.78 is 4.27. The van der Waals surface area contributed by atoms with Crippen LogP contribution in [-0.2, 0) is 13.1 Å². The highest BCUT2D eigenvalue weighted by Gasteiger charge is 2.30. The van der Waals surface area contributed by atoms with Crippen LogP contribution in [0, 0.1) is 13.8 Å². The number of ketones is 1. The van der Waals surface area contributed by atoms with Crippen molar-refractivity contribution in [2.75, 3.05) is 5.75 Å². The molecule has 0 unspecified atom stereocenters. The first-order valence-electron chi connectivity index (χ1n) is 8.43. The smallest absolute Gasteiger partial charge is 0.191 e. The third-order valence-corrected chi connectivity index (χ3v) is 5.49. The first-order valence-corrected chi connectivity index (χ1v) is 9.42. The van der Waals surface area contributed by atoms with E-state index in [4.69, 9.17) is 0 Å². The number of thioether (sulfide) groups is 1. The predicted molar refractivity (Wildman–Crippen MR) is 96.8 cm³/mol. The van der Waals surface area contributed by atoms with E-state index in [1.54, 1.807) is 0 Å². The van der Waals surface area contributed by atoms with Crippen LogP contribution in [0.1, 0.15) is 53.3 Å². The fourth-order valence-electron chi connectivity index (χ4n) is 3.05. The zero-order chi connectivity index (χ0) is 17.3. The molecule has 2 aromatic heterocycles. The van der Waals surface area contributed by atoms with Crippen LogP contribution in [0.4, 0.5) is 0 Å². The minimum atomic E-state index is 0.141. The van der Waals surface area contributed by atoms with E-state index >= 15 is 0 Å². The Bertz CT molecular complexity index is 770. The molecule has 1 aliphatic carbocycles. The number of hydrogen-bond donors (Lipinski definition) is 0. The van der Waals surface area contributed by atoms with Gasteiger partial charge in [0.05, 0.1) is 5.75 Å². The van der Waals surface area contributed by atoms with Gasteiger partial charge in [0.1, 0.15) is 5.82 Å². The summed E-state index contributed by atoms with van der Waals surface area (Å²) in [6.07, 6.45) is 4.26. The fraction of sp³-hybridized carbons (Fsp3) is 0.500. The third kappa shape index (κ3) is 3.20. The Labute approximate surface area is 147 Å². The molecule has 0 amide bonds. The Morgan fingerprint density at radius 1 is 1.38 bits per heavy atom. The van der Waals surface area contributed by atoms with Gasteiger partial charge in [-0.2, -0.15) is 0 Å². The van der Waals surface area contributed by atoms with Gasteiger partial charge in [-0.25, -0.2) is 0 Å². The van der Waals surface area contributed by atoms with Gasteiger partial charge in [-0.15, -0.1) is 16.8 Å². The highest BCUT2D eigenvalue weighted by atomic mass is 32.2. The molecule has 5 nitrogen and oxygen atoms in total. The van der Waals surface area contributed by atoms with Crippen molar-refractivity contribution in [3.05, 3.63) is 41.5 Å². The highest BCUT2D eigenvalue weighted by Crippen LogP contribution is 2.40. The number of hydrogen-bond acceptors (Lipinski definition) is 4. The van der Waals surface area contributed by atoms with Crippen LogP contribution in [0.3, 0.4) is 0 Å². The molecule has 3 rings (SSSR count). The van der Waals surface area contributed by atoms with Crippen LogP contribution >= 0.6 is 11.8 Å². The standard InChI is InChI=1S/C18H24N4OS/c1-5-9-22-12(3)10-15(13(22)4)16(23)11-24-18-20-19-17(14-7-8-14)21(18)6-2/h5,10,14H,1,6-9,11H2,2-4H3. The molecule has 0 aliphatic heterocycles. The molecule has 0 saturated heterocycles. The zero-order valence-electron chi connectivity index (χ0n) is 14.6. The molecule has 2 heterocycles. The molecule has 0 spiro atoms. The number of aryl methyl sites for hydroxylation is 1. The predicted octanol–water partition coefficient (Wildman–Crippen LogP) is 3.75. The molecule has 24 heavy (non-hydrogen) atoms. The molecule has 0 radical (unpaired) electrons. The van der Waals surface area contributed by atoms with Crippen LogP contribution in [0.5, 0.6) is 0 Å². The average molecular weight is 344 g/mol. The normalized spacial score (nSPS) is 14.1. The van der Waals surface area contributed by atoms with Crippen LogP contribution in [-0.4, -0.2) is 30.9 Å². The van der Waals surface area contributed by atoms with E-state index in [-0.39, 0.29) is 5.78 Å². The Morgan fingerprint density at radius 2 is 2.12 bits per heavy atom. The number of aromatic nitrogens is 4. The summed E-state index contributed by atoms with van der Waals surface area (Å²) in [5, 5.41) is 9.47. The summed E-state index contributed by atoms with van der Waals surface area (Å²) in [5.41, 5.74) is 2.90. The van der Waals surface area contributed by atoms with Crippen LogP contribution in [0.25, 0.3) is 0 Å². The maximum atomic E-state index is 12.6. The molecule has 6 heteroatoms. The van der Waals surface area contributed by atoms with Crippen molar-refractivity contribution in [2.45, 2.75) is 57.8 Å². The van der Waals surface area contributed by atoms with E-state index in [0.29, 0.717) is 11.7 Å². The third-order valence-electron chi connectivity index (χ3n) is 4.52. The summed E-state index contributed by atoms with van der Waals surface area (Å²) in [4.78, 5) is 12.6. The number of carbonyl (C=O) groups is 1. The maximum Gasteiger partial charge on any atom is 0.191 e. The molecular weight excluding hydrogens is 320 g/mol. The first-order chi connectivity index (χ1) is 11.6. The van der Waals surface area contributed by atoms with Gasteiger partial charge in [0.2, 0.25) is 0 Å². The van der Waals surface area contributed by atoms with Crippen molar-refractivity contribution < 1.29 is 4.79 Å². The fourth-order valence-corrected chi connectivity index (χ4v) is 3.94. The number of carbonyl (C=O) groups excluding carboxylic acids is 1. The SMILES string of the molecule is C=CCn1c(C)cc(C(=O)CSc2nnc(C3CC3)n2CC)c1C. The summed E-state index contributed by atoms with van der Waals surface area (Å²) >= 11 is 1.49. The Kier molecular flexibility index (Phi) is 4.94. The number of Topliss-reactive ketones (excluding diaryl/α,β-unsaturated/α-hetero) is 1. The summed E-state index contributed by atoms with van der Waals surface area (Å²) in [6.45, 7) is 11.5. The van der Waals surface area contributed by atoms with Gasteiger partial charge in [-0.1, -0.05) is 17.8 Å². The molecule has 0 atom stereocenters. The van der Waals surface area contributed by atoms with Gasteiger partial charge < -0.3 is 9.13 Å². The van der Waals surface area contributed by atoms with Crippen molar-refractivity contribution in [3.63, 3.8) is 0 Å². The van der Waals surface area contributed by atoms with E-state index < -0.39 is 0 Å². The molecule has 0 bridgehead atoms. The average Bonchev–Trinajstić information content (AvgIpc) is 3.27.